The van der Waals surface area contributed by atoms with Crippen LogP contribution >= 0.6 is 0 Å². The molecule has 1 aromatic rings. The Labute approximate surface area is 436 Å². The molecule has 11 atom stereocenters. The molecule has 0 unspecified atom stereocenters. The summed E-state index contributed by atoms with van der Waals surface area (Å²) in [5.41, 5.74) is 0.840. The van der Waals surface area contributed by atoms with E-state index in [9.17, 15) is 29.1 Å². The number of hydrogen-bond acceptors (Lipinski definition) is 12. The van der Waals surface area contributed by atoms with Gasteiger partial charge in [0.05, 0.1) is 24.5 Å². The molecule has 1 aromatic carbocycles. The number of esters is 2. The minimum atomic E-state index is -2.85. The maximum Gasteiger partial charge on any atom is 0.408 e. The molecule has 17 nitrogen and oxygen atoms in total. The van der Waals surface area contributed by atoms with Crippen LogP contribution in [0.25, 0.3) is 0 Å². The van der Waals surface area contributed by atoms with Crippen LogP contribution < -0.4 is 16.0 Å². The van der Waals surface area contributed by atoms with Crippen LogP contribution in [-0.2, 0) is 60.4 Å². The molecule has 0 bridgehead atoms. The Morgan fingerprint density at radius 3 is 1.97 bits per heavy atom. The van der Waals surface area contributed by atoms with E-state index < -0.39 is 122 Å². The van der Waals surface area contributed by atoms with Gasteiger partial charge in [0.2, 0.25) is 31.9 Å². The van der Waals surface area contributed by atoms with Crippen LogP contribution in [0.4, 0.5) is 4.79 Å². The fourth-order valence-corrected chi connectivity index (χ4v) is 16.8. The zero-order valence-electron chi connectivity index (χ0n) is 47.0. The van der Waals surface area contributed by atoms with Crippen LogP contribution in [0.2, 0.25) is 16.6 Å². The van der Waals surface area contributed by atoms with Crippen molar-refractivity contribution in [1.82, 2.24) is 25.8 Å². The third-order valence-corrected chi connectivity index (χ3v) is 21.4. The number of aliphatic hydroxyl groups is 1. The van der Waals surface area contributed by atoms with Gasteiger partial charge in [0.25, 0.3) is 0 Å². The van der Waals surface area contributed by atoms with Crippen molar-refractivity contribution >= 4 is 50.0 Å². The second kappa shape index (κ2) is 25.8. The van der Waals surface area contributed by atoms with Gasteiger partial charge in [-0.15, -0.1) is 0 Å². The summed E-state index contributed by atoms with van der Waals surface area (Å²) in [6.07, 6.45) is -4.67. The number of rotatable bonds is 11. The molecule has 0 aliphatic carbocycles. The lowest BCUT2D eigenvalue weighted by molar-refractivity contribution is -0.166. The second-order valence-electron chi connectivity index (χ2n) is 23.7. The number of nitrogens with one attached hydrogen (secondary N) is 3. The summed E-state index contributed by atoms with van der Waals surface area (Å²) in [4.78, 5) is 105. The lowest BCUT2D eigenvalue weighted by Gasteiger charge is -2.47. The van der Waals surface area contributed by atoms with Crippen LogP contribution in [-0.4, -0.2) is 132 Å². The minimum Gasteiger partial charge on any atom is -0.459 e. The smallest absolute Gasteiger partial charge is 0.408 e. The fraction of sp³-hybridized carbons (Fsp3) is 0.764. The highest BCUT2D eigenvalue weighted by Crippen LogP contribution is 2.44. The van der Waals surface area contributed by atoms with Gasteiger partial charge in [0, 0.05) is 19.5 Å². The molecule has 3 aliphatic heterocycles. The molecule has 4 rings (SSSR count). The Kier molecular flexibility index (Phi) is 21.6. The van der Waals surface area contributed by atoms with Crippen molar-refractivity contribution in [2.45, 2.75) is 240 Å². The number of fused-ring (bicyclic) bond motifs is 3. The number of ether oxygens (including phenoxy) is 3. The number of cyclic esters (lactones) is 2. The summed E-state index contributed by atoms with van der Waals surface area (Å²) < 4.78 is 25.5. The number of carbonyl (C=O) groups excluding carboxylic acids is 7. The van der Waals surface area contributed by atoms with E-state index in [1.807, 2.05) is 52.0 Å². The van der Waals surface area contributed by atoms with Crippen molar-refractivity contribution in [2.75, 3.05) is 6.54 Å². The number of amides is 5. The number of hydrogen-bond donors (Lipinski definition) is 4. The number of alkyl carbamates (subject to hydrolysis) is 1. The van der Waals surface area contributed by atoms with E-state index in [0.717, 1.165) is 11.1 Å². The first kappa shape index (κ1) is 61.0. The highest BCUT2D eigenvalue weighted by molar-refractivity contribution is 6.77. The zero-order chi connectivity index (χ0) is 55.0. The number of aliphatic hydroxyl groups excluding tert-OH is 1. The summed E-state index contributed by atoms with van der Waals surface area (Å²) in [5, 5.41) is 20.7. The molecule has 0 radical (unpaired) electrons. The Hall–Kier alpha value is -4.55. The summed E-state index contributed by atoms with van der Waals surface area (Å²) in [7, 11) is -2.85. The highest BCUT2D eigenvalue weighted by Gasteiger charge is 2.50. The van der Waals surface area contributed by atoms with Gasteiger partial charge in [-0.2, -0.15) is 0 Å². The van der Waals surface area contributed by atoms with Gasteiger partial charge < -0.3 is 49.5 Å². The van der Waals surface area contributed by atoms with E-state index >= 15 is 9.59 Å². The first-order valence-electron chi connectivity index (χ1n) is 27.0. The molecule has 5 amide bonds. The molecular formula is C55H91N5O12Si. The van der Waals surface area contributed by atoms with Crippen LogP contribution in [0.1, 0.15) is 161 Å². The van der Waals surface area contributed by atoms with Crippen molar-refractivity contribution < 1.29 is 57.3 Å². The molecule has 0 aromatic heterocycles. The molecule has 18 heteroatoms. The molecule has 0 spiro atoms. The average Bonchev–Trinajstić information content (AvgIpc) is 3.79. The normalized spacial score (nSPS) is 28.3. The fourth-order valence-electron chi connectivity index (χ4n) is 11.2. The molecule has 0 saturated carbocycles. The topological polar surface area (TPSA) is 219 Å². The summed E-state index contributed by atoms with van der Waals surface area (Å²) >= 11 is 0. The van der Waals surface area contributed by atoms with Gasteiger partial charge >= 0.3 is 18.0 Å². The first-order chi connectivity index (χ1) is 33.9. The molecule has 3 heterocycles. The SMILES string of the molecule is CC[C@H](C)[C@H]1NC(=O)[C@@H](NC(=O)OC(C)(C)C)[C@@H](C)OC(=O)[C@H]2Cc3ccccc3CN2C(=O)[C@@H]2CCCN2C(=O)[C@H](CC(C)C)NC(=O)[C@@H](C)[C@H](O)[C@H](C(C)C)OC(=O)C[C@H]1O[Si](C(C)C)(C(C)C)C(C)C. The van der Waals surface area contributed by atoms with Crippen LogP contribution in [0, 0.1) is 23.7 Å². The molecule has 412 valence electrons. The Morgan fingerprint density at radius 1 is 0.822 bits per heavy atom. The largest absolute Gasteiger partial charge is 0.459 e. The Balaban J connectivity index is 1.96. The van der Waals surface area contributed by atoms with Crippen molar-refractivity contribution in [3.05, 3.63) is 35.4 Å². The van der Waals surface area contributed by atoms with E-state index in [1.165, 1.54) is 23.6 Å². The standard InChI is InChI=1S/C55H91N5O12Si/c1-18-35(12)45-43(72-73(32(6)7,33(8)9)34(10)11)28-44(61)70-48(31(4)5)47(62)36(13)49(63)56-40(26-30(2)3)51(65)59-25-21-24-41(59)52(66)60-29-39-23-20-19-22-38(39)27-42(60)53(67)69-37(14)46(50(64)57-45)58-54(68)71-55(15,16)17/h19-20,22-23,30-37,40-43,45-48,62H,18,21,24-29H2,1-17H3,(H,56,63)(H,57,64)(H,58,68)/t35-,36-,37+,40-,41-,42+,43+,45+,46-,47-,48-/m0/s1. The van der Waals surface area contributed by atoms with E-state index in [4.69, 9.17) is 18.6 Å². The third kappa shape index (κ3) is 15.1. The predicted molar refractivity (Wildman–Crippen MR) is 281 cm³/mol. The molecule has 4 N–H and O–H groups in total. The minimum absolute atomic E-state index is 0.0348. The Morgan fingerprint density at radius 2 is 1.42 bits per heavy atom. The van der Waals surface area contributed by atoms with Gasteiger partial charge in [-0.05, 0) is 92.5 Å². The zero-order valence-corrected chi connectivity index (χ0v) is 48.0. The summed E-state index contributed by atoms with van der Waals surface area (Å²) in [6, 6.07) is 1.80. The maximum atomic E-state index is 15.1. The van der Waals surface area contributed by atoms with Crippen molar-refractivity contribution in [1.29, 1.82) is 0 Å². The maximum absolute atomic E-state index is 15.1. The third-order valence-electron chi connectivity index (χ3n) is 15.3. The monoisotopic (exact) mass is 1040 g/mol. The Bertz CT molecular complexity index is 2070. The van der Waals surface area contributed by atoms with Gasteiger partial charge in [-0.3, -0.25) is 24.0 Å². The van der Waals surface area contributed by atoms with Crippen LogP contribution in [0.3, 0.4) is 0 Å². The van der Waals surface area contributed by atoms with Gasteiger partial charge in [0.1, 0.15) is 48.1 Å². The summed E-state index contributed by atoms with van der Waals surface area (Å²) in [6.45, 7) is 32.2. The van der Waals surface area contributed by atoms with E-state index in [-0.39, 0.29) is 60.8 Å². The van der Waals surface area contributed by atoms with E-state index in [1.54, 1.807) is 34.6 Å². The number of nitrogens with zero attached hydrogens (tertiary/aromatic N) is 2. The summed E-state index contributed by atoms with van der Waals surface area (Å²) in [5.74, 6) is -5.88. The van der Waals surface area contributed by atoms with Gasteiger partial charge in [-0.25, -0.2) is 9.59 Å². The van der Waals surface area contributed by atoms with Gasteiger partial charge in [0.15, 0.2) is 0 Å². The van der Waals surface area contributed by atoms with E-state index in [0.29, 0.717) is 19.3 Å². The van der Waals surface area contributed by atoms with Crippen molar-refractivity contribution in [2.24, 2.45) is 23.7 Å². The quantitative estimate of drug-likeness (QED) is 0.0972. The number of benzene rings is 1. The van der Waals surface area contributed by atoms with Crippen molar-refractivity contribution in [3.8, 4) is 0 Å². The van der Waals surface area contributed by atoms with Crippen LogP contribution in [0.5, 0.6) is 0 Å². The predicted octanol–water partition coefficient (Wildman–Crippen LogP) is 7.35. The highest BCUT2D eigenvalue weighted by atomic mass is 28.4. The van der Waals surface area contributed by atoms with Crippen LogP contribution in [0.15, 0.2) is 24.3 Å². The lowest BCUT2D eigenvalue weighted by atomic mass is 9.90. The van der Waals surface area contributed by atoms with Gasteiger partial charge in [-0.1, -0.05) is 121 Å². The molecule has 73 heavy (non-hydrogen) atoms. The average molecular weight is 1040 g/mol. The number of carbonyl (C=O) groups is 7. The van der Waals surface area contributed by atoms with E-state index in [2.05, 4.69) is 57.5 Å². The molecule has 3 aliphatic rings. The second-order valence-corrected chi connectivity index (χ2v) is 29.1. The first-order valence-corrected chi connectivity index (χ1v) is 29.1. The molecular weight excluding hydrogens is 951 g/mol. The van der Waals surface area contributed by atoms with Crippen molar-refractivity contribution in [3.63, 3.8) is 0 Å². The lowest BCUT2D eigenvalue weighted by Crippen LogP contribution is -2.62. The molecule has 2 saturated heterocycles. The molecule has 2 fully saturated rings.